The number of amides is 1. The van der Waals surface area contributed by atoms with Crippen molar-refractivity contribution >= 4 is 22.8 Å². The highest BCUT2D eigenvalue weighted by Crippen LogP contribution is 2.49. The highest BCUT2D eigenvalue weighted by atomic mass is 19.1. The minimum Gasteiger partial charge on any atom is -0.496 e. The Morgan fingerprint density at radius 1 is 0.956 bits per heavy atom. The fraction of sp³-hybridized carbons (Fsp3) is 0.378. The molecule has 5 rings (SSSR count). The number of hydrogen-bond donors (Lipinski definition) is 2. The fourth-order valence-electron chi connectivity index (χ4n) is 6.68. The summed E-state index contributed by atoms with van der Waals surface area (Å²) in [5, 5.41) is 15.0. The number of halogens is 1. The van der Waals surface area contributed by atoms with Gasteiger partial charge in [0.1, 0.15) is 28.8 Å². The molecule has 0 spiro atoms. The zero-order valence-corrected chi connectivity index (χ0v) is 27.0. The molecule has 0 unspecified atom stereocenters. The number of hydrogen-bond acceptors (Lipinski definition) is 5. The quantitative estimate of drug-likeness (QED) is 0.231. The number of nitrogens with zero attached hydrogens (tertiary/aromatic N) is 2. The SMILES string of the molecule is COc1ccc(C(C)(C)C)cc1CN[C@H]1[C@H](C(C)(C)C)[C@@H](C(=O)O)N(C(=O)c2ccc3cccc(F)c3n2)[C@H]1c1ccccc1. The summed E-state index contributed by atoms with van der Waals surface area (Å²) in [5.74, 6) is -1.99. The molecular weight excluding hydrogens is 569 g/mol. The van der Waals surface area contributed by atoms with Crippen LogP contribution in [0.15, 0.2) is 78.9 Å². The molecule has 1 fully saturated rings. The summed E-state index contributed by atoms with van der Waals surface area (Å²) in [6.45, 7) is 12.9. The lowest BCUT2D eigenvalue weighted by atomic mass is 9.72. The van der Waals surface area contributed by atoms with E-state index in [0.29, 0.717) is 11.9 Å². The zero-order valence-electron chi connectivity index (χ0n) is 27.0. The van der Waals surface area contributed by atoms with Gasteiger partial charge >= 0.3 is 5.97 Å². The summed E-state index contributed by atoms with van der Waals surface area (Å²) in [4.78, 5) is 33.5. The molecule has 0 aliphatic carbocycles. The minimum absolute atomic E-state index is 0.00682. The molecule has 2 heterocycles. The first-order valence-corrected chi connectivity index (χ1v) is 15.3. The van der Waals surface area contributed by atoms with E-state index in [9.17, 15) is 19.1 Å². The van der Waals surface area contributed by atoms with Crippen molar-refractivity contribution in [1.29, 1.82) is 0 Å². The Morgan fingerprint density at radius 3 is 2.29 bits per heavy atom. The van der Waals surface area contributed by atoms with Crippen LogP contribution in [0, 0.1) is 17.2 Å². The molecule has 2 N–H and O–H groups in total. The molecule has 1 amide bonds. The Balaban J connectivity index is 1.65. The van der Waals surface area contributed by atoms with Crippen molar-refractivity contribution in [2.75, 3.05) is 7.11 Å². The monoisotopic (exact) mass is 611 g/mol. The molecule has 0 bridgehead atoms. The summed E-state index contributed by atoms with van der Waals surface area (Å²) in [5.41, 5.74) is 2.33. The van der Waals surface area contributed by atoms with Crippen molar-refractivity contribution in [2.24, 2.45) is 11.3 Å². The van der Waals surface area contributed by atoms with E-state index in [0.717, 1.165) is 22.4 Å². The summed E-state index contributed by atoms with van der Waals surface area (Å²) in [6.07, 6.45) is 0. The third-order valence-corrected chi connectivity index (χ3v) is 8.86. The van der Waals surface area contributed by atoms with Crippen molar-refractivity contribution in [3.05, 3.63) is 107 Å². The fourth-order valence-corrected chi connectivity index (χ4v) is 6.68. The highest BCUT2D eigenvalue weighted by Gasteiger charge is 2.58. The lowest BCUT2D eigenvalue weighted by molar-refractivity contribution is -0.144. The van der Waals surface area contributed by atoms with Gasteiger partial charge in [0.2, 0.25) is 0 Å². The number of para-hydroxylation sites is 1. The van der Waals surface area contributed by atoms with E-state index in [1.165, 1.54) is 11.0 Å². The number of nitrogens with one attached hydrogen (secondary N) is 1. The van der Waals surface area contributed by atoms with Gasteiger partial charge in [-0.15, -0.1) is 0 Å². The van der Waals surface area contributed by atoms with Crippen molar-refractivity contribution in [3.63, 3.8) is 0 Å². The van der Waals surface area contributed by atoms with Gasteiger partial charge in [-0.1, -0.05) is 102 Å². The Morgan fingerprint density at radius 2 is 1.67 bits per heavy atom. The molecule has 1 aromatic heterocycles. The second kappa shape index (κ2) is 12.2. The number of carboxylic acid groups (broad SMARTS) is 1. The second-order valence-electron chi connectivity index (χ2n) is 13.9. The number of carbonyl (C=O) groups excluding carboxylic acids is 1. The van der Waals surface area contributed by atoms with Crippen molar-refractivity contribution in [1.82, 2.24) is 15.2 Å². The molecule has 7 nitrogen and oxygen atoms in total. The van der Waals surface area contributed by atoms with Crippen LogP contribution in [0.1, 0.15) is 74.8 Å². The average molecular weight is 612 g/mol. The molecule has 4 atom stereocenters. The Hall–Kier alpha value is -4.30. The van der Waals surface area contributed by atoms with Crippen LogP contribution in [-0.2, 0) is 16.8 Å². The molecule has 1 aliphatic heterocycles. The molecule has 3 aromatic carbocycles. The standard InChI is InChI=1S/C37H42FN3O4/c1-36(2,3)25-17-19-28(45-7)24(20-25)21-39-31-29(37(4,5)6)33(35(43)44)41(32(31)23-12-9-8-10-13-23)34(42)27-18-16-22-14-11-15-26(38)30(22)40-27/h8-20,29,31-33,39H,21H2,1-7H3,(H,43,44)/t29-,31-,32-,33-/m0/s1. The smallest absolute Gasteiger partial charge is 0.326 e. The number of pyridine rings is 1. The van der Waals surface area contributed by atoms with Crippen LogP contribution < -0.4 is 10.1 Å². The molecule has 236 valence electrons. The molecule has 1 aliphatic rings. The molecular formula is C37H42FN3O4. The second-order valence-corrected chi connectivity index (χ2v) is 13.9. The van der Waals surface area contributed by atoms with Crippen LogP contribution in [0.5, 0.6) is 5.75 Å². The lowest BCUT2D eigenvalue weighted by Crippen LogP contribution is -2.48. The van der Waals surface area contributed by atoms with E-state index in [1.807, 2.05) is 57.2 Å². The van der Waals surface area contributed by atoms with E-state index < -0.39 is 47.2 Å². The largest absolute Gasteiger partial charge is 0.496 e. The van der Waals surface area contributed by atoms with Gasteiger partial charge in [0.05, 0.1) is 13.2 Å². The molecule has 45 heavy (non-hydrogen) atoms. The highest BCUT2D eigenvalue weighted by molar-refractivity contribution is 5.98. The Bertz CT molecular complexity index is 1710. The number of carboxylic acids is 1. The maximum atomic E-state index is 14.8. The van der Waals surface area contributed by atoms with Crippen LogP contribution in [-0.4, -0.2) is 46.1 Å². The maximum Gasteiger partial charge on any atom is 0.326 e. The maximum absolute atomic E-state index is 14.8. The van der Waals surface area contributed by atoms with Gasteiger partial charge in [0.15, 0.2) is 0 Å². The van der Waals surface area contributed by atoms with Gasteiger partial charge in [-0.2, -0.15) is 0 Å². The molecule has 1 saturated heterocycles. The van der Waals surface area contributed by atoms with Crippen LogP contribution in [0.3, 0.4) is 0 Å². The number of aliphatic carboxylic acids is 1. The first kappa shape index (κ1) is 32.1. The third-order valence-electron chi connectivity index (χ3n) is 8.86. The van der Waals surface area contributed by atoms with E-state index in [2.05, 4.69) is 43.2 Å². The van der Waals surface area contributed by atoms with Crippen molar-refractivity contribution in [3.8, 4) is 5.75 Å². The van der Waals surface area contributed by atoms with Gasteiger partial charge in [-0.3, -0.25) is 4.79 Å². The van der Waals surface area contributed by atoms with Gasteiger partial charge < -0.3 is 20.1 Å². The Labute approximate surface area is 264 Å². The normalized spacial score (nSPS) is 20.4. The summed E-state index contributed by atoms with van der Waals surface area (Å²) < 4.78 is 20.5. The molecule has 0 radical (unpaired) electrons. The first-order chi connectivity index (χ1) is 21.2. The number of ether oxygens (including phenoxy) is 1. The van der Waals surface area contributed by atoms with E-state index >= 15 is 0 Å². The Kier molecular flexibility index (Phi) is 8.73. The average Bonchev–Trinajstić information content (AvgIpc) is 3.36. The van der Waals surface area contributed by atoms with Crippen LogP contribution in [0.4, 0.5) is 4.39 Å². The number of aromatic nitrogens is 1. The predicted octanol–water partition coefficient (Wildman–Crippen LogP) is 7.15. The minimum atomic E-state index is -1.18. The molecule has 4 aromatic rings. The zero-order chi connectivity index (χ0) is 32.7. The van der Waals surface area contributed by atoms with Gasteiger partial charge in [0, 0.05) is 29.5 Å². The predicted molar refractivity (Wildman–Crippen MR) is 174 cm³/mol. The summed E-state index contributed by atoms with van der Waals surface area (Å²) in [6, 6.07) is 21.1. The van der Waals surface area contributed by atoms with Crippen molar-refractivity contribution < 1.29 is 23.8 Å². The summed E-state index contributed by atoms with van der Waals surface area (Å²) >= 11 is 0. The van der Waals surface area contributed by atoms with Crippen molar-refractivity contribution in [2.45, 2.75) is 71.6 Å². The topological polar surface area (TPSA) is 91.8 Å². The first-order valence-electron chi connectivity index (χ1n) is 15.3. The third kappa shape index (κ3) is 6.29. The summed E-state index contributed by atoms with van der Waals surface area (Å²) in [7, 11) is 1.64. The van der Waals surface area contributed by atoms with Crippen LogP contribution in [0.25, 0.3) is 10.9 Å². The van der Waals surface area contributed by atoms with Gasteiger partial charge in [-0.25, -0.2) is 14.2 Å². The van der Waals surface area contributed by atoms with E-state index in [-0.39, 0.29) is 16.6 Å². The number of rotatable bonds is 7. The number of methoxy groups -OCH3 is 1. The number of likely N-dealkylation sites (tertiary alicyclic amines) is 1. The van der Waals surface area contributed by atoms with Crippen LogP contribution in [0.2, 0.25) is 0 Å². The van der Waals surface area contributed by atoms with Gasteiger partial charge in [-0.05, 0) is 40.2 Å². The van der Waals surface area contributed by atoms with E-state index in [4.69, 9.17) is 4.74 Å². The molecule has 0 saturated carbocycles. The number of carbonyl (C=O) groups is 2. The lowest BCUT2D eigenvalue weighted by Gasteiger charge is -2.35. The van der Waals surface area contributed by atoms with E-state index in [1.54, 1.807) is 31.4 Å². The number of fused-ring (bicyclic) bond motifs is 1. The number of benzene rings is 3. The molecule has 8 heteroatoms. The van der Waals surface area contributed by atoms with Gasteiger partial charge in [0.25, 0.3) is 5.91 Å². The van der Waals surface area contributed by atoms with Crippen LogP contribution >= 0.6 is 0 Å².